The molecule has 20 heavy (non-hydrogen) atoms. The molecule has 1 aromatic carbocycles. The Hall–Kier alpha value is -2.64. The number of nitro groups is 1. The van der Waals surface area contributed by atoms with Crippen molar-refractivity contribution >= 4 is 17.6 Å². The van der Waals surface area contributed by atoms with Gasteiger partial charge in [0.15, 0.2) is 5.75 Å². The number of ether oxygens (including phenoxy) is 1. The Balaban J connectivity index is 3.00. The lowest BCUT2D eigenvalue weighted by Gasteiger charge is -2.12. The van der Waals surface area contributed by atoms with Gasteiger partial charge in [0, 0.05) is 17.7 Å². The van der Waals surface area contributed by atoms with Crippen molar-refractivity contribution in [3.63, 3.8) is 0 Å². The zero-order chi connectivity index (χ0) is 15.3. The summed E-state index contributed by atoms with van der Waals surface area (Å²) in [6, 6.07) is 2.56. The van der Waals surface area contributed by atoms with E-state index in [0.29, 0.717) is 0 Å². The normalized spacial score (nSPS) is 11.5. The van der Waals surface area contributed by atoms with Crippen LogP contribution in [0.3, 0.4) is 0 Å². The second kappa shape index (κ2) is 6.50. The number of methoxy groups -OCH3 is 1. The summed E-state index contributed by atoms with van der Waals surface area (Å²) in [5.41, 5.74) is -0.179. The van der Waals surface area contributed by atoms with Crippen LogP contribution in [0.1, 0.15) is 23.7 Å². The molecule has 0 saturated carbocycles. The Morgan fingerprint density at radius 2 is 2.15 bits per heavy atom. The average Bonchev–Trinajstić information content (AvgIpc) is 2.43. The Kier molecular flexibility index (Phi) is 5.01. The van der Waals surface area contributed by atoms with E-state index in [1.807, 2.05) is 0 Å². The van der Waals surface area contributed by atoms with E-state index in [4.69, 9.17) is 9.84 Å². The topological polar surface area (TPSA) is 119 Å². The molecular weight excluding hydrogens is 268 g/mol. The van der Waals surface area contributed by atoms with E-state index in [-0.39, 0.29) is 23.4 Å². The van der Waals surface area contributed by atoms with Crippen LogP contribution in [-0.4, -0.2) is 35.1 Å². The number of carboxylic acid groups (broad SMARTS) is 1. The third-order valence-corrected chi connectivity index (χ3v) is 2.65. The number of carbonyl (C=O) groups excluding carboxylic acids is 1. The Morgan fingerprint density at radius 3 is 2.60 bits per heavy atom. The number of rotatable bonds is 6. The molecule has 0 bridgehead atoms. The maximum Gasteiger partial charge on any atom is 0.326 e. The fourth-order valence-electron chi connectivity index (χ4n) is 1.55. The molecule has 0 aliphatic carbocycles. The summed E-state index contributed by atoms with van der Waals surface area (Å²) >= 11 is 0. The van der Waals surface area contributed by atoms with Crippen LogP contribution in [0, 0.1) is 10.1 Å². The summed E-state index contributed by atoms with van der Waals surface area (Å²) < 4.78 is 4.84. The highest BCUT2D eigenvalue weighted by atomic mass is 16.6. The lowest BCUT2D eigenvalue weighted by Crippen LogP contribution is -2.40. The second-order valence-electron chi connectivity index (χ2n) is 3.92. The number of nitro benzene ring substituents is 1. The van der Waals surface area contributed by atoms with E-state index in [1.54, 1.807) is 6.92 Å². The predicted molar refractivity (Wildman–Crippen MR) is 68.8 cm³/mol. The summed E-state index contributed by atoms with van der Waals surface area (Å²) in [5, 5.41) is 21.9. The van der Waals surface area contributed by atoms with Crippen molar-refractivity contribution in [3.8, 4) is 5.75 Å². The lowest BCUT2D eigenvalue weighted by atomic mass is 10.1. The smallest absolute Gasteiger partial charge is 0.326 e. The van der Waals surface area contributed by atoms with Gasteiger partial charge in [-0.3, -0.25) is 14.9 Å². The first-order valence-corrected chi connectivity index (χ1v) is 5.76. The second-order valence-corrected chi connectivity index (χ2v) is 3.92. The van der Waals surface area contributed by atoms with Gasteiger partial charge < -0.3 is 15.2 Å². The van der Waals surface area contributed by atoms with Crippen LogP contribution >= 0.6 is 0 Å². The summed E-state index contributed by atoms with van der Waals surface area (Å²) in [7, 11) is 1.25. The Morgan fingerprint density at radius 1 is 1.50 bits per heavy atom. The fraction of sp³-hybridized carbons (Fsp3) is 0.333. The number of hydrogen-bond donors (Lipinski definition) is 2. The molecule has 0 fully saturated rings. The third-order valence-electron chi connectivity index (χ3n) is 2.65. The van der Waals surface area contributed by atoms with Gasteiger partial charge >= 0.3 is 11.7 Å². The first-order valence-electron chi connectivity index (χ1n) is 5.76. The predicted octanol–water partition coefficient (Wildman–Crippen LogP) is 1.20. The van der Waals surface area contributed by atoms with Gasteiger partial charge in [0.05, 0.1) is 12.0 Å². The van der Waals surface area contributed by atoms with Gasteiger partial charge in [-0.25, -0.2) is 4.79 Å². The standard InChI is InChI=1S/C12H14N2O6/c1-3-8(12(16)17)13-11(15)7-4-5-9(14(18)19)10(6-7)20-2/h4-6,8H,3H2,1-2H3,(H,13,15)(H,16,17)/t8-/m0/s1. The number of nitrogens with zero attached hydrogens (tertiary/aromatic N) is 1. The monoisotopic (exact) mass is 282 g/mol. The maximum atomic E-state index is 11.9. The van der Waals surface area contributed by atoms with E-state index in [2.05, 4.69) is 5.32 Å². The largest absolute Gasteiger partial charge is 0.490 e. The average molecular weight is 282 g/mol. The molecule has 0 aliphatic heterocycles. The van der Waals surface area contributed by atoms with Gasteiger partial charge in [0.1, 0.15) is 6.04 Å². The van der Waals surface area contributed by atoms with E-state index >= 15 is 0 Å². The van der Waals surface area contributed by atoms with Crippen molar-refractivity contribution < 1.29 is 24.4 Å². The SMILES string of the molecule is CC[C@H](NC(=O)c1ccc([N+](=O)[O-])c(OC)c1)C(=O)O. The van der Waals surface area contributed by atoms with Crippen LogP contribution in [0.25, 0.3) is 0 Å². The van der Waals surface area contributed by atoms with Crippen molar-refractivity contribution in [2.45, 2.75) is 19.4 Å². The van der Waals surface area contributed by atoms with Gasteiger partial charge in [0.25, 0.3) is 5.91 Å². The molecule has 8 heteroatoms. The van der Waals surface area contributed by atoms with Crippen molar-refractivity contribution in [3.05, 3.63) is 33.9 Å². The van der Waals surface area contributed by atoms with Crippen LogP contribution in [0.15, 0.2) is 18.2 Å². The molecule has 2 N–H and O–H groups in total. The minimum absolute atomic E-state index is 0.0639. The minimum Gasteiger partial charge on any atom is -0.490 e. The van der Waals surface area contributed by atoms with E-state index < -0.39 is 22.8 Å². The van der Waals surface area contributed by atoms with Gasteiger partial charge in [-0.05, 0) is 12.5 Å². The molecule has 0 aliphatic rings. The molecule has 108 valence electrons. The zero-order valence-electron chi connectivity index (χ0n) is 11.0. The van der Waals surface area contributed by atoms with Crippen LogP contribution in [0.2, 0.25) is 0 Å². The van der Waals surface area contributed by atoms with Crippen molar-refractivity contribution in [1.29, 1.82) is 0 Å². The number of aliphatic carboxylic acids is 1. The first-order chi connectivity index (χ1) is 9.40. The van der Waals surface area contributed by atoms with Crippen molar-refractivity contribution in [2.24, 2.45) is 0 Å². The van der Waals surface area contributed by atoms with Crippen molar-refractivity contribution in [2.75, 3.05) is 7.11 Å². The Bertz CT molecular complexity index is 543. The minimum atomic E-state index is -1.14. The van der Waals surface area contributed by atoms with E-state index in [9.17, 15) is 19.7 Å². The highest BCUT2D eigenvalue weighted by Crippen LogP contribution is 2.27. The van der Waals surface area contributed by atoms with E-state index in [0.717, 1.165) is 6.07 Å². The van der Waals surface area contributed by atoms with E-state index in [1.165, 1.54) is 19.2 Å². The quantitative estimate of drug-likeness (QED) is 0.597. The molecule has 8 nitrogen and oxygen atoms in total. The lowest BCUT2D eigenvalue weighted by molar-refractivity contribution is -0.385. The molecule has 0 aromatic heterocycles. The van der Waals surface area contributed by atoms with Gasteiger partial charge in [-0.2, -0.15) is 0 Å². The van der Waals surface area contributed by atoms with Crippen LogP contribution in [-0.2, 0) is 4.79 Å². The molecule has 1 atom stereocenters. The molecule has 1 aromatic rings. The van der Waals surface area contributed by atoms with Crippen LogP contribution in [0.5, 0.6) is 5.75 Å². The number of carbonyl (C=O) groups is 2. The third kappa shape index (κ3) is 3.44. The van der Waals surface area contributed by atoms with Crippen molar-refractivity contribution in [1.82, 2.24) is 5.32 Å². The van der Waals surface area contributed by atoms with Gasteiger partial charge in [0.2, 0.25) is 0 Å². The summed E-state index contributed by atoms with van der Waals surface area (Å²) in [4.78, 5) is 32.8. The van der Waals surface area contributed by atoms with Crippen LogP contribution in [0.4, 0.5) is 5.69 Å². The summed E-state index contributed by atoms with van der Waals surface area (Å²) in [6.07, 6.45) is 0.227. The maximum absolute atomic E-state index is 11.9. The highest BCUT2D eigenvalue weighted by Gasteiger charge is 2.21. The first kappa shape index (κ1) is 15.4. The molecule has 0 spiro atoms. The zero-order valence-corrected chi connectivity index (χ0v) is 11.0. The molecule has 0 radical (unpaired) electrons. The summed E-state index contributed by atoms with van der Waals surface area (Å²) in [6.45, 7) is 1.62. The molecule has 1 amide bonds. The Labute approximate surface area is 114 Å². The molecule has 0 unspecified atom stereocenters. The fourth-order valence-corrected chi connectivity index (χ4v) is 1.55. The molecule has 1 rings (SSSR count). The number of carboxylic acids is 1. The number of hydrogen-bond acceptors (Lipinski definition) is 5. The number of nitrogens with one attached hydrogen (secondary N) is 1. The van der Waals surface area contributed by atoms with Gasteiger partial charge in [-0.1, -0.05) is 6.92 Å². The van der Waals surface area contributed by atoms with Gasteiger partial charge in [-0.15, -0.1) is 0 Å². The highest BCUT2D eigenvalue weighted by molar-refractivity contribution is 5.97. The van der Waals surface area contributed by atoms with Crippen LogP contribution < -0.4 is 10.1 Å². The number of benzene rings is 1. The molecule has 0 heterocycles. The summed E-state index contributed by atoms with van der Waals surface area (Å²) in [5.74, 6) is -1.84. The number of amides is 1. The molecular formula is C12H14N2O6. The molecule has 0 saturated heterocycles.